The summed E-state index contributed by atoms with van der Waals surface area (Å²) in [5.41, 5.74) is 3.41. The van der Waals surface area contributed by atoms with E-state index in [-0.39, 0.29) is 30.8 Å². The fourth-order valence-corrected chi connectivity index (χ4v) is 4.61. The van der Waals surface area contributed by atoms with Crippen molar-refractivity contribution in [3.8, 4) is 11.5 Å². The molecule has 1 aromatic heterocycles. The van der Waals surface area contributed by atoms with Crippen LogP contribution in [0.1, 0.15) is 40.1 Å². The summed E-state index contributed by atoms with van der Waals surface area (Å²) in [6, 6.07) is 18.4. The monoisotopic (exact) mass is 488 g/mol. The maximum absolute atomic E-state index is 13.6. The second-order valence-corrected chi connectivity index (χ2v) is 8.86. The maximum Gasteiger partial charge on any atom is 0.307 e. The van der Waals surface area contributed by atoms with Gasteiger partial charge in [-0.2, -0.15) is 0 Å². The summed E-state index contributed by atoms with van der Waals surface area (Å²) in [4.78, 5) is 24.5. The number of carboxylic acids is 1. The number of hydrogen-bond acceptors (Lipinski definition) is 5. The molecular weight excluding hydrogens is 463 g/mol. The number of carbonyl (C=O) groups is 2. The van der Waals surface area contributed by atoms with Crippen LogP contribution in [0.15, 0.2) is 66.7 Å². The van der Waals surface area contributed by atoms with Gasteiger partial charge in [-0.1, -0.05) is 18.2 Å². The van der Waals surface area contributed by atoms with Gasteiger partial charge in [-0.15, -0.1) is 0 Å². The zero-order valence-electron chi connectivity index (χ0n) is 19.8. The number of nitrogens with zero attached hydrogens (tertiary/aromatic N) is 1. The number of fused-ring (bicyclic) bond motifs is 2. The molecule has 2 N–H and O–H groups in total. The minimum atomic E-state index is -0.922. The van der Waals surface area contributed by atoms with Crippen molar-refractivity contribution in [2.45, 2.75) is 32.5 Å². The lowest BCUT2D eigenvalue weighted by molar-refractivity contribution is -0.136. The molecule has 2 heterocycles. The van der Waals surface area contributed by atoms with Crippen LogP contribution in [0.4, 0.5) is 4.39 Å². The third kappa shape index (κ3) is 4.55. The molecule has 0 amide bonds. The van der Waals surface area contributed by atoms with Crippen molar-refractivity contribution in [3.05, 3.63) is 94.9 Å². The number of aliphatic carboxylic acids is 1. The van der Waals surface area contributed by atoms with E-state index in [0.29, 0.717) is 28.1 Å². The van der Waals surface area contributed by atoms with Crippen LogP contribution in [0.25, 0.3) is 10.9 Å². The molecule has 4 aromatic rings. The van der Waals surface area contributed by atoms with Crippen molar-refractivity contribution < 1.29 is 28.6 Å². The van der Waals surface area contributed by atoms with Gasteiger partial charge in [0, 0.05) is 34.3 Å². The number of halogens is 1. The molecule has 1 aliphatic rings. The molecule has 5 rings (SSSR count). The number of hydrogen-bond donors (Lipinski definition) is 2. The van der Waals surface area contributed by atoms with E-state index >= 15 is 0 Å². The van der Waals surface area contributed by atoms with Crippen molar-refractivity contribution >= 4 is 22.8 Å². The Kier molecular flexibility index (Phi) is 6.20. The summed E-state index contributed by atoms with van der Waals surface area (Å²) in [5, 5.41) is 13.2. The molecule has 0 radical (unpaired) electrons. The highest BCUT2D eigenvalue weighted by atomic mass is 19.1. The fourth-order valence-electron chi connectivity index (χ4n) is 4.61. The second-order valence-electron chi connectivity index (χ2n) is 8.86. The Labute approximate surface area is 207 Å². The van der Waals surface area contributed by atoms with Crippen LogP contribution >= 0.6 is 0 Å². The molecule has 0 aliphatic carbocycles. The Morgan fingerprint density at radius 2 is 1.89 bits per heavy atom. The van der Waals surface area contributed by atoms with E-state index in [9.17, 15) is 19.1 Å². The lowest BCUT2D eigenvalue weighted by atomic mass is 10.1. The van der Waals surface area contributed by atoms with Crippen LogP contribution in [0.2, 0.25) is 0 Å². The summed E-state index contributed by atoms with van der Waals surface area (Å²) < 4.78 is 26.9. The Bertz CT molecular complexity index is 1460. The standard InChI is InChI=1S/C28H25FN2O5/c1-16-12-23-19(13-27(32)33)4-3-5-24(23)31(16)28(34)18-6-9-21(10-7-18)35-15-26-30-17(2)22-11-8-20(29)14-25(22)36-26/h3-12,14,17,26,30H,13,15H2,1-2H3,(H,32,33). The van der Waals surface area contributed by atoms with Gasteiger partial charge in [-0.05, 0) is 61.9 Å². The van der Waals surface area contributed by atoms with Crippen LogP contribution in [0.3, 0.4) is 0 Å². The summed E-state index contributed by atoms with van der Waals surface area (Å²) in [6.07, 6.45) is -0.565. The number of aromatic nitrogens is 1. The van der Waals surface area contributed by atoms with Crippen LogP contribution in [-0.4, -0.2) is 34.4 Å². The van der Waals surface area contributed by atoms with Crippen molar-refractivity contribution in [3.63, 3.8) is 0 Å². The third-order valence-electron chi connectivity index (χ3n) is 6.31. The molecule has 36 heavy (non-hydrogen) atoms. The molecule has 7 nitrogen and oxygen atoms in total. The van der Waals surface area contributed by atoms with E-state index in [1.807, 2.05) is 26.0 Å². The highest BCUT2D eigenvalue weighted by Gasteiger charge is 2.25. The Morgan fingerprint density at radius 1 is 1.11 bits per heavy atom. The van der Waals surface area contributed by atoms with Gasteiger partial charge in [-0.25, -0.2) is 4.39 Å². The van der Waals surface area contributed by atoms with Crippen molar-refractivity contribution in [2.75, 3.05) is 6.61 Å². The number of benzene rings is 3. The lowest BCUT2D eigenvalue weighted by Crippen LogP contribution is -2.44. The molecule has 0 saturated carbocycles. The van der Waals surface area contributed by atoms with Gasteiger partial charge in [0.25, 0.3) is 5.91 Å². The van der Waals surface area contributed by atoms with Gasteiger partial charge in [0.15, 0.2) is 6.23 Å². The van der Waals surface area contributed by atoms with Gasteiger partial charge in [0.05, 0.1) is 11.9 Å². The Balaban J connectivity index is 1.29. The highest BCUT2D eigenvalue weighted by Crippen LogP contribution is 2.31. The van der Waals surface area contributed by atoms with Crippen LogP contribution in [0, 0.1) is 12.7 Å². The van der Waals surface area contributed by atoms with Gasteiger partial charge < -0.3 is 14.6 Å². The summed E-state index contributed by atoms with van der Waals surface area (Å²) in [7, 11) is 0. The predicted molar refractivity (Wildman–Crippen MR) is 132 cm³/mol. The number of aryl methyl sites for hydroxylation is 1. The normalized spacial score (nSPS) is 16.9. The van der Waals surface area contributed by atoms with E-state index in [2.05, 4.69) is 5.32 Å². The first-order valence-corrected chi connectivity index (χ1v) is 11.6. The zero-order chi connectivity index (χ0) is 25.4. The molecule has 8 heteroatoms. The molecule has 2 atom stereocenters. The van der Waals surface area contributed by atoms with Crippen LogP contribution in [-0.2, 0) is 11.2 Å². The topological polar surface area (TPSA) is 89.8 Å². The SMILES string of the molecule is Cc1cc2c(CC(=O)O)cccc2n1C(=O)c1ccc(OCC2NC(C)c3ccc(F)cc3O2)cc1. The minimum absolute atomic E-state index is 0.0152. The quantitative estimate of drug-likeness (QED) is 0.403. The molecule has 3 aromatic carbocycles. The second kappa shape index (κ2) is 9.47. The first kappa shape index (κ1) is 23.6. The number of carboxylic acid groups (broad SMARTS) is 1. The van der Waals surface area contributed by atoms with Gasteiger partial charge in [0.1, 0.15) is 23.9 Å². The highest BCUT2D eigenvalue weighted by molar-refractivity contribution is 6.04. The zero-order valence-corrected chi connectivity index (χ0v) is 19.8. The van der Waals surface area contributed by atoms with E-state index in [4.69, 9.17) is 9.47 Å². The van der Waals surface area contributed by atoms with Crippen LogP contribution < -0.4 is 14.8 Å². The van der Waals surface area contributed by atoms with Crippen molar-refractivity contribution in [1.29, 1.82) is 0 Å². The minimum Gasteiger partial charge on any atom is -0.488 e. The molecule has 2 unspecified atom stereocenters. The fraction of sp³-hybridized carbons (Fsp3) is 0.214. The molecule has 184 valence electrons. The van der Waals surface area contributed by atoms with E-state index in [0.717, 1.165) is 16.6 Å². The summed E-state index contributed by atoms with van der Waals surface area (Å²) >= 11 is 0. The maximum atomic E-state index is 13.6. The lowest BCUT2D eigenvalue weighted by Gasteiger charge is -2.31. The molecule has 0 bridgehead atoms. The Morgan fingerprint density at radius 3 is 2.64 bits per heavy atom. The molecule has 1 aliphatic heterocycles. The average Bonchev–Trinajstić information content (AvgIpc) is 3.19. The molecule has 0 saturated heterocycles. The van der Waals surface area contributed by atoms with E-state index < -0.39 is 12.2 Å². The van der Waals surface area contributed by atoms with Crippen LogP contribution in [0.5, 0.6) is 11.5 Å². The average molecular weight is 489 g/mol. The van der Waals surface area contributed by atoms with Gasteiger partial charge in [0.2, 0.25) is 0 Å². The number of ether oxygens (including phenoxy) is 2. The third-order valence-corrected chi connectivity index (χ3v) is 6.31. The van der Waals surface area contributed by atoms with Crippen molar-refractivity contribution in [1.82, 2.24) is 9.88 Å². The first-order chi connectivity index (χ1) is 17.3. The van der Waals surface area contributed by atoms with E-state index in [1.165, 1.54) is 12.1 Å². The summed E-state index contributed by atoms with van der Waals surface area (Å²) in [6.45, 7) is 3.99. The van der Waals surface area contributed by atoms with Gasteiger partial charge in [-0.3, -0.25) is 19.5 Å². The molecule has 0 fully saturated rings. The summed E-state index contributed by atoms with van der Waals surface area (Å²) in [5.74, 6) is -0.434. The number of rotatable bonds is 6. The van der Waals surface area contributed by atoms with E-state index in [1.54, 1.807) is 47.0 Å². The molecular formula is C28H25FN2O5. The molecule has 0 spiro atoms. The predicted octanol–water partition coefficient (Wildman–Crippen LogP) is 4.85. The number of nitrogens with one attached hydrogen (secondary N) is 1. The number of carbonyl (C=O) groups excluding carboxylic acids is 1. The smallest absolute Gasteiger partial charge is 0.307 e. The van der Waals surface area contributed by atoms with Crippen molar-refractivity contribution in [2.24, 2.45) is 0 Å². The first-order valence-electron chi connectivity index (χ1n) is 11.6. The van der Waals surface area contributed by atoms with Gasteiger partial charge >= 0.3 is 5.97 Å². The largest absolute Gasteiger partial charge is 0.488 e. The Hall–Kier alpha value is -4.17.